The van der Waals surface area contributed by atoms with Crippen LogP contribution in [0.15, 0.2) is 29.2 Å². The molecule has 0 spiro atoms. The molecule has 1 saturated heterocycles. The fourth-order valence-corrected chi connectivity index (χ4v) is 2.96. The Morgan fingerprint density at radius 3 is 2.24 bits per heavy atom. The van der Waals surface area contributed by atoms with E-state index in [2.05, 4.69) is 4.83 Å². The molecule has 5 nitrogen and oxygen atoms in total. The Morgan fingerprint density at radius 1 is 1.06 bits per heavy atom. The van der Waals surface area contributed by atoms with Gasteiger partial charge in [-0.1, -0.05) is 6.42 Å². The maximum absolute atomic E-state index is 12.0. The van der Waals surface area contributed by atoms with E-state index in [-0.39, 0.29) is 10.6 Å². The van der Waals surface area contributed by atoms with Gasteiger partial charge in [0.1, 0.15) is 5.75 Å². The lowest BCUT2D eigenvalue weighted by Crippen LogP contribution is -2.44. The summed E-state index contributed by atoms with van der Waals surface area (Å²) in [5.74, 6) is 0.0573. The van der Waals surface area contributed by atoms with Crippen molar-refractivity contribution in [2.24, 2.45) is 0 Å². The Hall–Kier alpha value is -1.11. The summed E-state index contributed by atoms with van der Waals surface area (Å²) in [5.41, 5.74) is 0. The van der Waals surface area contributed by atoms with E-state index in [4.69, 9.17) is 5.11 Å². The van der Waals surface area contributed by atoms with Crippen LogP contribution in [0.5, 0.6) is 5.75 Å². The van der Waals surface area contributed by atoms with E-state index in [0.717, 1.165) is 32.4 Å². The van der Waals surface area contributed by atoms with E-state index in [0.29, 0.717) is 0 Å². The zero-order chi connectivity index (χ0) is 12.3. The standard InChI is InChI=1S/C11H16N2O3S/c14-10-4-6-11(7-5-10)17(15,16)12-13-8-2-1-3-9-13/h4-7,12,14H,1-3,8-9H2. The van der Waals surface area contributed by atoms with Crippen molar-refractivity contribution in [1.29, 1.82) is 0 Å². The average molecular weight is 256 g/mol. The van der Waals surface area contributed by atoms with Gasteiger partial charge < -0.3 is 5.11 Å². The Bertz CT molecular complexity index is 464. The van der Waals surface area contributed by atoms with Gasteiger partial charge >= 0.3 is 0 Å². The second kappa shape index (κ2) is 5.03. The summed E-state index contributed by atoms with van der Waals surface area (Å²) in [6.07, 6.45) is 3.17. The van der Waals surface area contributed by atoms with Crippen LogP contribution in [0.2, 0.25) is 0 Å². The summed E-state index contributed by atoms with van der Waals surface area (Å²) in [6, 6.07) is 5.51. The van der Waals surface area contributed by atoms with Crippen molar-refractivity contribution in [3.63, 3.8) is 0 Å². The Morgan fingerprint density at radius 2 is 1.65 bits per heavy atom. The van der Waals surface area contributed by atoms with E-state index >= 15 is 0 Å². The molecule has 0 atom stereocenters. The van der Waals surface area contributed by atoms with Crippen molar-refractivity contribution < 1.29 is 13.5 Å². The first kappa shape index (κ1) is 12.3. The number of sulfonamides is 1. The lowest BCUT2D eigenvalue weighted by atomic mass is 10.2. The molecule has 6 heteroatoms. The van der Waals surface area contributed by atoms with Crippen LogP contribution in [-0.4, -0.2) is 31.6 Å². The highest BCUT2D eigenvalue weighted by Crippen LogP contribution is 2.15. The lowest BCUT2D eigenvalue weighted by molar-refractivity contribution is 0.200. The van der Waals surface area contributed by atoms with Crippen molar-refractivity contribution >= 4 is 10.0 Å². The quantitative estimate of drug-likeness (QED) is 0.848. The van der Waals surface area contributed by atoms with Crippen LogP contribution >= 0.6 is 0 Å². The van der Waals surface area contributed by atoms with Gasteiger partial charge in [0, 0.05) is 13.1 Å². The number of nitrogens with zero attached hydrogens (tertiary/aromatic N) is 1. The molecule has 1 heterocycles. The fraction of sp³-hybridized carbons (Fsp3) is 0.455. The zero-order valence-electron chi connectivity index (χ0n) is 9.46. The first-order valence-electron chi connectivity index (χ1n) is 5.64. The zero-order valence-corrected chi connectivity index (χ0v) is 10.3. The van der Waals surface area contributed by atoms with Gasteiger partial charge in [0.05, 0.1) is 4.90 Å². The molecule has 1 aliphatic rings. The molecule has 94 valence electrons. The van der Waals surface area contributed by atoms with Gasteiger partial charge in [-0.3, -0.25) is 0 Å². The van der Waals surface area contributed by atoms with E-state index in [9.17, 15) is 8.42 Å². The van der Waals surface area contributed by atoms with Crippen LogP contribution in [0.3, 0.4) is 0 Å². The minimum Gasteiger partial charge on any atom is -0.508 e. The third-order valence-electron chi connectivity index (χ3n) is 2.75. The van der Waals surface area contributed by atoms with Gasteiger partial charge in [0.2, 0.25) is 0 Å². The average Bonchev–Trinajstić information content (AvgIpc) is 2.30. The third-order valence-corrected chi connectivity index (χ3v) is 4.14. The number of benzene rings is 1. The summed E-state index contributed by atoms with van der Waals surface area (Å²) in [7, 11) is -3.51. The number of hydrazine groups is 1. The number of hydrogen-bond acceptors (Lipinski definition) is 4. The number of phenolic OH excluding ortho intramolecular Hbond substituents is 1. The number of piperidine rings is 1. The first-order chi connectivity index (χ1) is 8.08. The predicted octanol–water partition coefficient (Wildman–Crippen LogP) is 1.07. The molecular weight excluding hydrogens is 240 g/mol. The molecule has 0 aromatic heterocycles. The molecule has 2 rings (SSSR count). The minimum absolute atomic E-state index is 0.0573. The largest absolute Gasteiger partial charge is 0.508 e. The van der Waals surface area contributed by atoms with E-state index < -0.39 is 10.0 Å². The molecule has 1 aromatic carbocycles. The molecule has 2 N–H and O–H groups in total. The maximum atomic E-state index is 12.0. The Balaban J connectivity index is 2.10. The van der Waals surface area contributed by atoms with E-state index in [1.165, 1.54) is 24.3 Å². The Labute approximate surface area is 101 Å². The smallest absolute Gasteiger partial charge is 0.253 e. The molecule has 0 unspecified atom stereocenters. The van der Waals surface area contributed by atoms with Crippen molar-refractivity contribution in [1.82, 2.24) is 9.84 Å². The number of aromatic hydroxyl groups is 1. The van der Waals surface area contributed by atoms with Crippen LogP contribution < -0.4 is 4.83 Å². The van der Waals surface area contributed by atoms with Crippen molar-refractivity contribution in [2.45, 2.75) is 24.2 Å². The molecular formula is C11H16N2O3S. The topological polar surface area (TPSA) is 69.6 Å². The summed E-state index contributed by atoms with van der Waals surface area (Å²) >= 11 is 0. The SMILES string of the molecule is O=S(=O)(NN1CCCCC1)c1ccc(O)cc1. The second-order valence-electron chi connectivity index (χ2n) is 4.14. The number of hydrogen-bond donors (Lipinski definition) is 2. The van der Waals surface area contributed by atoms with E-state index in [1.54, 1.807) is 5.01 Å². The van der Waals surface area contributed by atoms with Crippen LogP contribution in [0.25, 0.3) is 0 Å². The predicted molar refractivity (Wildman–Crippen MR) is 63.9 cm³/mol. The van der Waals surface area contributed by atoms with Gasteiger partial charge in [-0.15, -0.1) is 4.83 Å². The highest BCUT2D eigenvalue weighted by atomic mass is 32.2. The number of nitrogens with one attached hydrogen (secondary N) is 1. The summed E-state index contributed by atoms with van der Waals surface area (Å²) in [4.78, 5) is 2.72. The van der Waals surface area contributed by atoms with Gasteiger partial charge in [0.25, 0.3) is 10.0 Å². The summed E-state index contributed by atoms with van der Waals surface area (Å²) in [5, 5.41) is 10.8. The van der Waals surface area contributed by atoms with Crippen molar-refractivity contribution in [2.75, 3.05) is 13.1 Å². The van der Waals surface area contributed by atoms with Crippen molar-refractivity contribution in [3.05, 3.63) is 24.3 Å². The summed E-state index contributed by atoms with van der Waals surface area (Å²) in [6.45, 7) is 1.49. The lowest BCUT2D eigenvalue weighted by Gasteiger charge is -2.26. The van der Waals surface area contributed by atoms with Gasteiger partial charge in [-0.05, 0) is 37.1 Å². The maximum Gasteiger partial charge on any atom is 0.253 e. The van der Waals surface area contributed by atoms with Crippen LogP contribution in [0.4, 0.5) is 0 Å². The number of rotatable bonds is 3. The van der Waals surface area contributed by atoms with Crippen LogP contribution in [0.1, 0.15) is 19.3 Å². The molecule has 1 aromatic rings. The van der Waals surface area contributed by atoms with Crippen LogP contribution in [-0.2, 0) is 10.0 Å². The van der Waals surface area contributed by atoms with Gasteiger partial charge in [-0.25, -0.2) is 13.4 Å². The second-order valence-corrected chi connectivity index (χ2v) is 5.80. The van der Waals surface area contributed by atoms with Crippen LogP contribution in [0, 0.1) is 0 Å². The van der Waals surface area contributed by atoms with Crippen molar-refractivity contribution in [3.8, 4) is 5.75 Å². The Kier molecular flexibility index (Phi) is 3.66. The normalized spacial score (nSPS) is 18.1. The molecule has 1 aliphatic heterocycles. The first-order valence-corrected chi connectivity index (χ1v) is 7.13. The fourth-order valence-electron chi connectivity index (χ4n) is 1.83. The molecule has 0 radical (unpaired) electrons. The molecule has 1 fully saturated rings. The molecule has 0 amide bonds. The van der Waals surface area contributed by atoms with E-state index in [1.807, 2.05) is 0 Å². The number of phenols is 1. The van der Waals surface area contributed by atoms with Gasteiger partial charge in [0.15, 0.2) is 0 Å². The highest BCUT2D eigenvalue weighted by molar-refractivity contribution is 7.89. The summed E-state index contributed by atoms with van der Waals surface area (Å²) < 4.78 is 24.0. The monoisotopic (exact) mass is 256 g/mol. The minimum atomic E-state index is -3.51. The molecule has 0 bridgehead atoms. The molecule has 0 aliphatic carbocycles. The molecule has 0 saturated carbocycles. The highest BCUT2D eigenvalue weighted by Gasteiger charge is 2.19. The van der Waals surface area contributed by atoms with Gasteiger partial charge in [-0.2, -0.15) is 0 Å². The molecule has 17 heavy (non-hydrogen) atoms. The third kappa shape index (κ3) is 3.18.